The van der Waals surface area contributed by atoms with Crippen LogP contribution in [0.25, 0.3) is 0 Å². The molecule has 6 heteroatoms. The third-order valence-electron chi connectivity index (χ3n) is 3.53. The van der Waals surface area contributed by atoms with E-state index < -0.39 is 23.6 Å². The molecule has 0 aliphatic carbocycles. The van der Waals surface area contributed by atoms with Crippen LogP contribution in [0.1, 0.15) is 24.9 Å². The third kappa shape index (κ3) is 3.77. The molecule has 1 aliphatic rings. The lowest BCUT2D eigenvalue weighted by atomic mass is 10.0. The predicted octanol–water partition coefficient (Wildman–Crippen LogP) is 1.86. The average molecular weight is 298 g/mol. The minimum atomic E-state index is -0.979. The smallest absolute Gasteiger partial charge is 0.328 e. The third-order valence-corrected chi connectivity index (χ3v) is 3.53. The van der Waals surface area contributed by atoms with Crippen LogP contribution in [0.3, 0.4) is 0 Å². The lowest BCUT2D eigenvalue weighted by Crippen LogP contribution is -2.38. The first kappa shape index (κ1) is 15.9. The van der Waals surface area contributed by atoms with Gasteiger partial charge < -0.3 is 10.1 Å². The Morgan fingerprint density at radius 1 is 1.38 bits per heavy atom. The molecule has 0 radical (unpaired) electrons. The molecule has 1 atom stereocenters. The standard InChI is InChI=1S/C15H20F2N2O2/c1-2-21-15(20)14(19-9-4-7-18-8-10-19)11-5-3-6-12(16)13(11)17/h3,5-6,14,18H,2,4,7-10H2,1H3. The monoisotopic (exact) mass is 298 g/mol. The number of rotatable bonds is 4. The summed E-state index contributed by atoms with van der Waals surface area (Å²) in [6.07, 6.45) is 0.840. The molecule has 2 rings (SSSR count). The van der Waals surface area contributed by atoms with Crippen molar-refractivity contribution in [1.82, 2.24) is 10.2 Å². The fraction of sp³-hybridized carbons (Fsp3) is 0.533. The van der Waals surface area contributed by atoms with E-state index in [-0.39, 0.29) is 12.2 Å². The molecule has 0 saturated carbocycles. The molecule has 1 unspecified atom stereocenters. The maximum atomic E-state index is 14.1. The number of carbonyl (C=O) groups excluding carboxylic acids is 1. The van der Waals surface area contributed by atoms with E-state index in [4.69, 9.17) is 4.74 Å². The molecule has 1 aromatic carbocycles. The summed E-state index contributed by atoms with van der Waals surface area (Å²) in [5, 5.41) is 3.22. The minimum absolute atomic E-state index is 0.0374. The zero-order chi connectivity index (χ0) is 15.2. The molecule has 116 valence electrons. The molecule has 1 aromatic rings. The second-order valence-electron chi connectivity index (χ2n) is 4.94. The number of halogens is 2. The van der Waals surface area contributed by atoms with E-state index in [2.05, 4.69) is 5.32 Å². The highest BCUT2D eigenvalue weighted by atomic mass is 19.2. The quantitative estimate of drug-likeness (QED) is 0.862. The summed E-state index contributed by atoms with van der Waals surface area (Å²) in [5.41, 5.74) is 0.0374. The molecule has 0 spiro atoms. The Morgan fingerprint density at radius 2 is 2.19 bits per heavy atom. The first-order valence-corrected chi connectivity index (χ1v) is 7.20. The SMILES string of the molecule is CCOC(=O)C(c1cccc(F)c1F)N1CCCNCC1. The van der Waals surface area contributed by atoms with Crippen LogP contribution in [0.15, 0.2) is 18.2 Å². The first-order valence-electron chi connectivity index (χ1n) is 7.20. The summed E-state index contributed by atoms with van der Waals surface area (Å²) < 4.78 is 32.6. The van der Waals surface area contributed by atoms with Gasteiger partial charge in [-0.3, -0.25) is 4.90 Å². The number of nitrogens with zero attached hydrogens (tertiary/aromatic N) is 1. The van der Waals surface area contributed by atoms with Gasteiger partial charge in [0.1, 0.15) is 6.04 Å². The zero-order valence-corrected chi connectivity index (χ0v) is 12.1. The molecule has 1 fully saturated rings. The van der Waals surface area contributed by atoms with Gasteiger partial charge in [-0.25, -0.2) is 13.6 Å². The Bertz CT molecular complexity index is 489. The molecule has 0 amide bonds. The summed E-state index contributed by atoms with van der Waals surface area (Å²) in [7, 11) is 0. The van der Waals surface area contributed by atoms with E-state index in [9.17, 15) is 13.6 Å². The van der Waals surface area contributed by atoms with Crippen molar-refractivity contribution < 1.29 is 18.3 Å². The fourth-order valence-corrected chi connectivity index (χ4v) is 2.55. The van der Waals surface area contributed by atoms with Gasteiger partial charge in [0.25, 0.3) is 0 Å². The molecule has 0 bridgehead atoms. The van der Waals surface area contributed by atoms with Crippen molar-refractivity contribution in [3.05, 3.63) is 35.4 Å². The summed E-state index contributed by atoms with van der Waals surface area (Å²) >= 11 is 0. The van der Waals surface area contributed by atoms with Gasteiger partial charge in [0.2, 0.25) is 0 Å². The van der Waals surface area contributed by atoms with Crippen LogP contribution in [0.2, 0.25) is 0 Å². The van der Waals surface area contributed by atoms with Gasteiger partial charge in [0, 0.05) is 25.2 Å². The largest absolute Gasteiger partial charge is 0.465 e. The highest BCUT2D eigenvalue weighted by Gasteiger charge is 2.32. The van der Waals surface area contributed by atoms with E-state index >= 15 is 0 Å². The van der Waals surface area contributed by atoms with Gasteiger partial charge in [0.05, 0.1) is 6.61 Å². The topological polar surface area (TPSA) is 41.6 Å². The fourth-order valence-electron chi connectivity index (χ4n) is 2.55. The van der Waals surface area contributed by atoms with E-state index in [0.29, 0.717) is 19.6 Å². The minimum Gasteiger partial charge on any atom is -0.465 e. The number of hydrogen-bond donors (Lipinski definition) is 1. The summed E-state index contributed by atoms with van der Waals surface area (Å²) in [5.74, 6) is -2.47. The molecule has 21 heavy (non-hydrogen) atoms. The summed E-state index contributed by atoms with van der Waals surface area (Å²) in [6, 6.07) is 3.00. The van der Waals surface area contributed by atoms with Gasteiger partial charge in [-0.05, 0) is 26.0 Å². The average Bonchev–Trinajstić information content (AvgIpc) is 2.73. The molecular weight excluding hydrogens is 278 g/mol. The molecule has 1 heterocycles. The van der Waals surface area contributed by atoms with Crippen LogP contribution >= 0.6 is 0 Å². The Balaban J connectivity index is 2.34. The molecular formula is C15H20F2N2O2. The first-order chi connectivity index (χ1) is 10.1. The van der Waals surface area contributed by atoms with Crippen LogP contribution < -0.4 is 5.32 Å². The number of carbonyl (C=O) groups is 1. The molecule has 1 saturated heterocycles. The molecule has 1 aliphatic heterocycles. The van der Waals surface area contributed by atoms with Crippen molar-refractivity contribution in [2.24, 2.45) is 0 Å². The number of hydrogen-bond acceptors (Lipinski definition) is 4. The van der Waals surface area contributed by atoms with Crippen molar-refractivity contribution in [3.8, 4) is 0 Å². The van der Waals surface area contributed by atoms with Crippen LogP contribution in [0, 0.1) is 11.6 Å². The van der Waals surface area contributed by atoms with Crippen molar-refractivity contribution in [2.75, 3.05) is 32.8 Å². The predicted molar refractivity (Wildman–Crippen MR) is 74.8 cm³/mol. The number of nitrogens with one attached hydrogen (secondary N) is 1. The van der Waals surface area contributed by atoms with Gasteiger partial charge in [-0.15, -0.1) is 0 Å². The molecule has 0 aromatic heterocycles. The maximum absolute atomic E-state index is 14.1. The molecule has 4 nitrogen and oxygen atoms in total. The highest BCUT2D eigenvalue weighted by molar-refractivity contribution is 5.77. The highest BCUT2D eigenvalue weighted by Crippen LogP contribution is 2.26. The molecule has 1 N–H and O–H groups in total. The van der Waals surface area contributed by atoms with Crippen molar-refractivity contribution in [3.63, 3.8) is 0 Å². The number of benzene rings is 1. The van der Waals surface area contributed by atoms with E-state index in [0.717, 1.165) is 19.0 Å². The van der Waals surface area contributed by atoms with Crippen molar-refractivity contribution in [2.45, 2.75) is 19.4 Å². The van der Waals surface area contributed by atoms with E-state index in [1.54, 1.807) is 6.92 Å². The van der Waals surface area contributed by atoms with Gasteiger partial charge in [-0.1, -0.05) is 12.1 Å². The normalized spacial score (nSPS) is 18.0. The number of esters is 1. The lowest BCUT2D eigenvalue weighted by molar-refractivity contribution is -0.150. The van der Waals surface area contributed by atoms with Crippen LogP contribution in [-0.2, 0) is 9.53 Å². The summed E-state index contributed by atoms with van der Waals surface area (Å²) in [6.45, 7) is 4.66. The van der Waals surface area contributed by atoms with Gasteiger partial charge >= 0.3 is 5.97 Å². The van der Waals surface area contributed by atoms with Crippen molar-refractivity contribution >= 4 is 5.97 Å². The van der Waals surface area contributed by atoms with Crippen molar-refractivity contribution in [1.29, 1.82) is 0 Å². The second-order valence-corrected chi connectivity index (χ2v) is 4.94. The van der Waals surface area contributed by atoms with Crippen LogP contribution in [0.4, 0.5) is 8.78 Å². The number of ether oxygens (including phenoxy) is 1. The maximum Gasteiger partial charge on any atom is 0.328 e. The van der Waals surface area contributed by atoms with Gasteiger partial charge in [0.15, 0.2) is 11.6 Å². The Kier molecular flexibility index (Phi) is 5.64. The Hall–Kier alpha value is -1.53. The summed E-state index contributed by atoms with van der Waals surface area (Å²) in [4.78, 5) is 14.1. The van der Waals surface area contributed by atoms with E-state index in [1.165, 1.54) is 12.1 Å². The second kappa shape index (κ2) is 7.47. The van der Waals surface area contributed by atoms with Crippen LogP contribution in [-0.4, -0.2) is 43.7 Å². The van der Waals surface area contributed by atoms with E-state index in [1.807, 2.05) is 4.90 Å². The van der Waals surface area contributed by atoms with Crippen LogP contribution in [0.5, 0.6) is 0 Å². The van der Waals surface area contributed by atoms with Gasteiger partial charge in [-0.2, -0.15) is 0 Å². The Morgan fingerprint density at radius 3 is 2.95 bits per heavy atom. The lowest BCUT2D eigenvalue weighted by Gasteiger charge is -2.29. The Labute approximate surface area is 123 Å². The zero-order valence-electron chi connectivity index (χ0n) is 12.1.